The minimum absolute atomic E-state index is 0.0293. The summed E-state index contributed by atoms with van der Waals surface area (Å²) in [6, 6.07) is 10.8. The van der Waals surface area contributed by atoms with Crippen molar-refractivity contribution >= 4 is 23.2 Å². The Kier molecular flexibility index (Phi) is 6.47. The maximum absolute atomic E-state index is 14.7. The zero-order chi connectivity index (χ0) is 24.3. The number of aromatic amines is 1. The van der Waals surface area contributed by atoms with E-state index in [0.717, 1.165) is 27.4 Å². The third kappa shape index (κ3) is 4.30. The van der Waals surface area contributed by atoms with Crippen molar-refractivity contribution in [2.24, 2.45) is 5.11 Å². The number of aromatic nitrogens is 3. The lowest BCUT2D eigenvalue weighted by Crippen LogP contribution is -2.43. The molecule has 2 aromatic heterocycles. The fraction of sp³-hybridized carbons (Fsp3) is 0.350. The number of azide groups is 1. The SMILES string of the molecule is [N-]=[N+]=N[C@]1(CO)OC(n2ccc(N[C@H](Cc3cc4ccccc4[nH]3)OC=O)nc2=O)[C@@H](F)C1O. The van der Waals surface area contributed by atoms with Gasteiger partial charge in [-0.05, 0) is 29.1 Å². The predicted molar refractivity (Wildman–Crippen MR) is 115 cm³/mol. The maximum atomic E-state index is 14.7. The van der Waals surface area contributed by atoms with Gasteiger partial charge in [0.15, 0.2) is 18.6 Å². The van der Waals surface area contributed by atoms with Crippen LogP contribution in [0.4, 0.5) is 10.2 Å². The topological polar surface area (TPSA) is 187 Å². The average Bonchev–Trinajstić information content (AvgIpc) is 3.34. The summed E-state index contributed by atoms with van der Waals surface area (Å²) in [6.07, 6.45) is -5.40. The first-order valence-electron chi connectivity index (χ1n) is 10.1. The highest BCUT2D eigenvalue weighted by Gasteiger charge is 2.56. The summed E-state index contributed by atoms with van der Waals surface area (Å²) in [5.74, 6) is 0.0293. The number of carbonyl (C=O) groups is 1. The van der Waals surface area contributed by atoms with Gasteiger partial charge < -0.3 is 30.0 Å². The second-order valence-corrected chi connectivity index (χ2v) is 7.54. The molecule has 0 aliphatic carbocycles. The molecule has 1 aliphatic heterocycles. The average molecular weight is 473 g/mol. The molecule has 0 amide bonds. The number of alkyl halides is 1. The molecule has 0 saturated carbocycles. The number of halogens is 1. The largest absolute Gasteiger partial charge is 0.444 e. The number of hydrogen-bond donors (Lipinski definition) is 4. The normalized spacial score (nSPS) is 25.0. The van der Waals surface area contributed by atoms with Gasteiger partial charge in [-0.3, -0.25) is 9.36 Å². The van der Waals surface area contributed by atoms with E-state index in [1.54, 1.807) is 0 Å². The first-order valence-corrected chi connectivity index (χ1v) is 10.1. The van der Waals surface area contributed by atoms with Crippen LogP contribution in [0.25, 0.3) is 21.3 Å². The summed E-state index contributed by atoms with van der Waals surface area (Å²) in [5.41, 5.74) is 7.08. The van der Waals surface area contributed by atoms with Gasteiger partial charge in [0.05, 0.1) is 6.61 Å². The van der Waals surface area contributed by atoms with E-state index >= 15 is 0 Å². The monoisotopic (exact) mass is 473 g/mol. The van der Waals surface area contributed by atoms with E-state index < -0.39 is 42.8 Å². The molecule has 13 nitrogen and oxygen atoms in total. The van der Waals surface area contributed by atoms with Crippen LogP contribution in [-0.2, 0) is 20.7 Å². The number of aliphatic hydroxyl groups is 2. The number of benzene rings is 1. The molecular weight excluding hydrogens is 453 g/mol. The number of aliphatic hydroxyl groups excluding tert-OH is 2. The maximum Gasteiger partial charge on any atom is 0.351 e. The standard InChI is InChI=1S/C20H20FN7O6/c21-16-17(31)20(9-29,26-27-22)34-18(16)28-6-5-14(25-19(28)32)24-15(33-10-30)8-12-7-11-3-1-2-4-13(11)23-12/h1-7,10,15-18,23,29,31H,8-9H2,(H,24,25,32)/t15-,16-,17?,18?,20+/m0/s1. The van der Waals surface area contributed by atoms with Gasteiger partial charge in [0.1, 0.15) is 11.9 Å². The zero-order valence-electron chi connectivity index (χ0n) is 17.5. The molecule has 14 heteroatoms. The molecule has 3 heterocycles. The van der Waals surface area contributed by atoms with Crippen molar-refractivity contribution in [2.75, 3.05) is 11.9 Å². The lowest BCUT2D eigenvalue weighted by Gasteiger charge is -2.23. The Labute approximate surface area is 190 Å². The molecular formula is C20H20FN7O6. The van der Waals surface area contributed by atoms with E-state index in [1.165, 1.54) is 6.07 Å². The van der Waals surface area contributed by atoms with Crippen LogP contribution in [0.1, 0.15) is 11.9 Å². The lowest BCUT2D eigenvalue weighted by atomic mass is 10.1. The van der Waals surface area contributed by atoms with Crippen molar-refractivity contribution in [1.82, 2.24) is 14.5 Å². The highest BCUT2D eigenvalue weighted by atomic mass is 19.1. The number of carbonyl (C=O) groups excluding carboxylic acids is 1. The minimum Gasteiger partial charge on any atom is -0.444 e. The molecule has 178 valence electrons. The number of nitrogens with zero attached hydrogens (tertiary/aromatic N) is 5. The van der Waals surface area contributed by atoms with Gasteiger partial charge in [0.25, 0.3) is 6.47 Å². The number of anilines is 1. The van der Waals surface area contributed by atoms with Crippen LogP contribution in [0.15, 0.2) is 52.5 Å². The van der Waals surface area contributed by atoms with E-state index in [2.05, 4.69) is 25.3 Å². The zero-order valence-corrected chi connectivity index (χ0v) is 17.5. The summed E-state index contributed by atoms with van der Waals surface area (Å²) in [6.45, 7) is -0.747. The highest BCUT2D eigenvalue weighted by Crippen LogP contribution is 2.39. The van der Waals surface area contributed by atoms with Gasteiger partial charge in [-0.15, -0.1) is 0 Å². The Morgan fingerprint density at radius 2 is 2.26 bits per heavy atom. The first-order chi connectivity index (χ1) is 16.4. The van der Waals surface area contributed by atoms with E-state index in [4.69, 9.17) is 15.0 Å². The molecule has 34 heavy (non-hydrogen) atoms. The molecule has 0 spiro atoms. The van der Waals surface area contributed by atoms with Crippen molar-refractivity contribution in [3.8, 4) is 0 Å². The molecule has 1 aromatic carbocycles. The minimum atomic E-state index is -2.28. The number of nitrogens with one attached hydrogen (secondary N) is 2. The number of fused-ring (bicyclic) bond motifs is 1. The van der Waals surface area contributed by atoms with Gasteiger partial charge in [-0.25, -0.2) is 9.18 Å². The summed E-state index contributed by atoms with van der Waals surface area (Å²) in [7, 11) is 0. The van der Waals surface area contributed by atoms with Gasteiger partial charge in [0.2, 0.25) is 5.72 Å². The molecule has 4 N–H and O–H groups in total. The van der Waals surface area contributed by atoms with Crippen LogP contribution < -0.4 is 11.0 Å². The summed E-state index contributed by atoms with van der Waals surface area (Å²) >= 11 is 0. The highest BCUT2D eigenvalue weighted by molar-refractivity contribution is 5.80. The molecule has 5 atom stereocenters. The summed E-state index contributed by atoms with van der Waals surface area (Å²) in [4.78, 5) is 33.0. The smallest absolute Gasteiger partial charge is 0.351 e. The number of ether oxygens (including phenoxy) is 2. The second-order valence-electron chi connectivity index (χ2n) is 7.54. The Morgan fingerprint density at radius 3 is 2.94 bits per heavy atom. The number of hydrogen-bond acceptors (Lipinski definition) is 9. The van der Waals surface area contributed by atoms with Crippen LogP contribution in [0, 0.1) is 0 Å². The van der Waals surface area contributed by atoms with Gasteiger partial charge >= 0.3 is 5.69 Å². The second kappa shape index (κ2) is 9.49. The predicted octanol–water partition coefficient (Wildman–Crippen LogP) is 1.10. The van der Waals surface area contributed by atoms with E-state index in [9.17, 15) is 24.2 Å². The molecule has 1 aliphatic rings. The van der Waals surface area contributed by atoms with Crippen LogP contribution >= 0.6 is 0 Å². The summed E-state index contributed by atoms with van der Waals surface area (Å²) in [5, 5.41) is 26.5. The molecule has 0 bridgehead atoms. The molecule has 0 radical (unpaired) electrons. The Balaban J connectivity index is 1.53. The molecule has 4 rings (SSSR count). The first kappa shape index (κ1) is 23.2. The van der Waals surface area contributed by atoms with Crippen LogP contribution in [0.2, 0.25) is 0 Å². The number of para-hydroxylation sites is 1. The molecule has 1 saturated heterocycles. The van der Waals surface area contributed by atoms with Crippen LogP contribution in [0.5, 0.6) is 0 Å². The lowest BCUT2D eigenvalue weighted by molar-refractivity contribution is -0.132. The number of H-pyrrole nitrogens is 1. The van der Waals surface area contributed by atoms with Gasteiger partial charge in [0, 0.05) is 28.7 Å². The van der Waals surface area contributed by atoms with Crippen molar-refractivity contribution in [3.63, 3.8) is 0 Å². The Hall–Kier alpha value is -3.97. The van der Waals surface area contributed by atoms with Crippen molar-refractivity contribution < 1.29 is 28.9 Å². The quantitative estimate of drug-likeness (QED) is 0.117. The fourth-order valence-electron chi connectivity index (χ4n) is 3.77. The van der Waals surface area contributed by atoms with Gasteiger partial charge in [-0.2, -0.15) is 4.98 Å². The van der Waals surface area contributed by atoms with Crippen LogP contribution in [0.3, 0.4) is 0 Å². The van der Waals surface area contributed by atoms with Crippen molar-refractivity contribution in [1.29, 1.82) is 0 Å². The van der Waals surface area contributed by atoms with E-state index in [1.807, 2.05) is 30.3 Å². The van der Waals surface area contributed by atoms with Crippen molar-refractivity contribution in [2.45, 2.75) is 36.9 Å². The molecule has 2 unspecified atom stereocenters. The third-order valence-electron chi connectivity index (χ3n) is 5.43. The molecule has 1 fully saturated rings. The Bertz CT molecular complexity index is 1260. The van der Waals surface area contributed by atoms with E-state index in [0.29, 0.717) is 0 Å². The van der Waals surface area contributed by atoms with E-state index in [-0.39, 0.29) is 18.7 Å². The molecule has 3 aromatic rings. The van der Waals surface area contributed by atoms with Crippen molar-refractivity contribution in [3.05, 3.63) is 69.2 Å². The van der Waals surface area contributed by atoms with Crippen LogP contribution in [-0.4, -0.2) is 62.1 Å². The third-order valence-corrected chi connectivity index (χ3v) is 5.43. The Morgan fingerprint density at radius 1 is 1.47 bits per heavy atom. The summed E-state index contributed by atoms with van der Waals surface area (Å²) < 4.78 is 25.7. The fourth-order valence-corrected chi connectivity index (χ4v) is 3.77. The van der Waals surface area contributed by atoms with Gasteiger partial charge in [-0.1, -0.05) is 23.3 Å². The number of rotatable bonds is 9.